The highest BCUT2D eigenvalue weighted by Gasteiger charge is 2.39. The molecular formula is C33H35F3N4O. The molecule has 0 bridgehead atoms. The number of carbonyl (C=O) groups is 1. The van der Waals surface area contributed by atoms with Gasteiger partial charge in [-0.25, -0.2) is 0 Å². The summed E-state index contributed by atoms with van der Waals surface area (Å²) in [5.74, 6) is -0.0895. The predicted octanol–water partition coefficient (Wildman–Crippen LogP) is 6.47. The van der Waals surface area contributed by atoms with Gasteiger partial charge in [0.25, 0.3) is 0 Å². The Kier molecular flexibility index (Phi) is 8.59. The smallest absolute Gasteiger partial charge is 0.358 e. The fourth-order valence-corrected chi connectivity index (χ4v) is 6.01. The van der Waals surface area contributed by atoms with E-state index in [2.05, 4.69) is 27.0 Å². The summed E-state index contributed by atoms with van der Waals surface area (Å²) in [5.41, 5.74) is 5.56. The van der Waals surface area contributed by atoms with Crippen molar-refractivity contribution < 1.29 is 18.0 Å². The SMILES string of the molecule is CNC(=O)[C@@H](c1ccccc1)N1CCc2c(c(C)nn2CCc2ccccc2)C1CCc1ccc(C(F)(F)F)cc1. The van der Waals surface area contributed by atoms with Crippen molar-refractivity contribution in [2.75, 3.05) is 13.6 Å². The number of nitrogens with zero attached hydrogens (tertiary/aromatic N) is 3. The summed E-state index contributed by atoms with van der Waals surface area (Å²) in [6.45, 7) is 3.43. The largest absolute Gasteiger partial charge is 0.416 e. The molecule has 5 rings (SSSR count). The van der Waals surface area contributed by atoms with Crippen molar-refractivity contribution in [2.24, 2.45) is 0 Å². The first-order chi connectivity index (χ1) is 19.8. The number of aryl methyl sites for hydroxylation is 4. The summed E-state index contributed by atoms with van der Waals surface area (Å²) in [4.78, 5) is 15.6. The molecule has 2 heterocycles. The van der Waals surface area contributed by atoms with Gasteiger partial charge < -0.3 is 5.32 Å². The van der Waals surface area contributed by atoms with Crippen LogP contribution in [0.25, 0.3) is 0 Å². The summed E-state index contributed by atoms with van der Waals surface area (Å²) in [6, 6.07) is 24.8. The number of carbonyl (C=O) groups excluding carboxylic acids is 1. The number of fused-ring (bicyclic) bond motifs is 1. The zero-order valence-corrected chi connectivity index (χ0v) is 23.4. The average Bonchev–Trinajstić information content (AvgIpc) is 3.31. The van der Waals surface area contributed by atoms with Gasteiger partial charge >= 0.3 is 6.18 Å². The summed E-state index contributed by atoms with van der Waals surface area (Å²) in [6.07, 6.45) is -1.54. The Morgan fingerprint density at radius 1 is 0.951 bits per heavy atom. The molecule has 0 saturated heterocycles. The van der Waals surface area contributed by atoms with E-state index in [9.17, 15) is 18.0 Å². The minimum Gasteiger partial charge on any atom is -0.358 e. The number of likely N-dealkylation sites (N-methyl/N-ethyl adjacent to an activating group) is 1. The van der Waals surface area contributed by atoms with Gasteiger partial charge in [0.15, 0.2) is 0 Å². The number of benzene rings is 3. The molecule has 1 unspecified atom stereocenters. The molecule has 0 fully saturated rings. The monoisotopic (exact) mass is 560 g/mol. The summed E-state index contributed by atoms with van der Waals surface area (Å²) >= 11 is 0. The number of hydrogen-bond donors (Lipinski definition) is 1. The fourth-order valence-electron chi connectivity index (χ4n) is 6.01. The van der Waals surface area contributed by atoms with E-state index in [1.54, 1.807) is 19.2 Å². The molecule has 0 aliphatic carbocycles. The molecule has 214 valence electrons. The Hall–Kier alpha value is -3.91. The van der Waals surface area contributed by atoms with E-state index in [-0.39, 0.29) is 11.9 Å². The molecule has 0 spiro atoms. The number of hydrogen-bond acceptors (Lipinski definition) is 3. The number of amides is 1. The number of nitrogens with one attached hydrogen (secondary N) is 1. The van der Waals surface area contributed by atoms with Gasteiger partial charge in [-0.05, 0) is 55.0 Å². The first-order valence-electron chi connectivity index (χ1n) is 14.0. The van der Waals surface area contributed by atoms with Crippen LogP contribution in [0.2, 0.25) is 0 Å². The topological polar surface area (TPSA) is 50.2 Å². The highest BCUT2D eigenvalue weighted by molar-refractivity contribution is 5.83. The number of alkyl halides is 3. The van der Waals surface area contributed by atoms with Crippen LogP contribution in [-0.4, -0.2) is 34.2 Å². The first-order valence-corrected chi connectivity index (χ1v) is 14.0. The van der Waals surface area contributed by atoms with E-state index in [4.69, 9.17) is 5.10 Å². The standard InChI is InChI=1S/C33H35F3N4O/c1-23-30-28(18-15-25-13-16-27(17-14-25)33(34,35)36)39(31(32(41)37-2)26-11-7-4-8-12-26)21-20-29(30)40(38-23)22-19-24-9-5-3-6-10-24/h3-14,16-17,28,31H,15,18-22H2,1-2H3,(H,37,41)/t28?,31-/m1/s1. The van der Waals surface area contributed by atoms with E-state index >= 15 is 0 Å². The molecule has 5 nitrogen and oxygen atoms in total. The van der Waals surface area contributed by atoms with Crippen LogP contribution in [-0.2, 0) is 36.8 Å². The number of rotatable bonds is 9. The zero-order valence-electron chi connectivity index (χ0n) is 23.4. The van der Waals surface area contributed by atoms with Gasteiger partial charge in [0.1, 0.15) is 6.04 Å². The molecule has 1 amide bonds. The molecule has 3 aromatic carbocycles. The van der Waals surface area contributed by atoms with Crippen molar-refractivity contribution in [3.8, 4) is 0 Å². The molecule has 1 aliphatic heterocycles. The third-order valence-electron chi connectivity index (χ3n) is 8.01. The molecule has 0 radical (unpaired) electrons. The maximum Gasteiger partial charge on any atom is 0.416 e. The van der Waals surface area contributed by atoms with Crippen LogP contribution in [0.4, 0.5) is 13.2 Å². The van der Waals surface area contributed by atoms with Crippen molar-refractivity contribution in [1.82, 2.24) is 20.0 Å². The van der Waals surface area contributed by atoms with Crippen molar-refractivity contribution in [1.29, 1.82) is 0 Å². The van der Waals surface area contributed by atoms with Crippen molar-refractivity contribution in [3.05, 3.63) is 124 Å². The minimum absolute atomic E-state index is 0.0895. The van der Waals surface area contributed by atoms with Crippen molar-refractivity contribution in [2.45, 2.75) is 57.4 Å². The zero-order chi connectivity index (χ0) is 29.0. The lowest BCUT2D eigenvalue weighted by atomic mass is 9.88. The normalized spacial score (nSPS) is 16.3. The second-order valence-corrected chi connectivity index (χ2v) is 10.6. The summed E-state index contributed by atoms with van der Waals surface area (Å²) in [5, 5.41) is 7.80. The number of aromatic nitrogens is 2. The summed E-state index contributed by atoms with van der Waals surface area (Å²) in [7, 11) is 1.65. The van der Waals surface area contributed by atoms with Crippen LogP contribution >= 0.6 is 0 Å². The lowest BCUT2D eigenvalue weighted by Crippen LogP contribution is -2.45. The van der Waals surface area contributed by atoms with Crippen molar-refractivity contribution in [3.63, 3.8) is 0 Å². The molecule has 1 aromatic heterocycles. The Labute approximate surface area is 239 Å². The van der Waals surface area contributed by atoms with Gasteiger partial charge in [-0.15, -0.1) is 0 Å². The van der Waals surface area contributed by atoms with Crippen LogP contribution in [0, 0.1) is 6.92 Å². The second-order valence-electron chi connectivity index (χ2n) is 10.6. The van der Waals surface area contributed by atoms with Crippen molar-refractivity contribution >= 4 is 5.91 Å². The van der Waals surface area contributed by atoms with E-state index in [1.807, 2.05) is 55.5 Å². The van der Waals surface area contributed by atoms with E-state index in [0.29, 0.717) is 19.4 Å². The van der Waals surface area contributed by atoms with Gasteiger partial charge in [-0.1, -0.05) is 72.8 Å². The van der Waals surface area contributed by atoms with Gasteiger partial charge in [0.05, 0.1) is 11.3 Å². The Morgan fingerprint density at radius 3 is 2.22 bits per heavy atom. The van der Waals surface area contributed by atoms with E-state index in [0.717, 1.165) is 53.9 Å². The second kappa shape index (κ2) is 12.3. The molecule has 41 heavy (non-hydrogen) atoms. The molecule has 1 aliphatic rings. The average molecular weight is 561 g/mol. The van der Waals surface area contributed by atoms with Gasteiger partial charge in [-0.3, -0.25) is 14.4 Å². The van der Waals surface area contributed by atoms with Gasteiger partial charge in [0, 0.05) is 43.9 Å². The fraction of sp³-hybridized carbons (Fsp3) is 0.333. The van der Waals surface area contributed by atoms with E-state index in [1.165, 1.54) is 11.3 Å². The molecule has 0 saturated carbocycles. The Morgan fingerprint density at radius 2 is 1.59 bits per heavy atom. The Bertz CT molecular complexity index is 1450. The quantitative estimate of drug-likeness (QED) is 0.255. The Balaban J connectivity index is 1.48. The maximum atomic E-state index is 13.3. The molecule has 4 aromatic rings. The highest BCUT2D eigenvalue weighted by Crippen LogP contribution is 2.41. The first kappa shape index (κ1) is 28.6. The predicted molar refractivity (Wildman–Crippen MR) is 153 cm³/mol. The molecular weight excluding hydrogens is 525 g/mol. The highest BCUT2D eigenvalue weighted by atomic mass is 19.4. The van der Waals surface area contributed by atoms with Gasteiger partial charge in [-0.2, -0.15) is 18.3 Å². The third-order valence-corrected chi connectivity index (χ3v) is 8.01. The summed E-state index contributed by atoms with van der Waals surface area (Å²) < 4.78 is 41.5. The van der Waals surface area contributed by atoms with Crippen LogP contribution in [0.5, 0.6) is 0 Å². The third kappa shape index (κ3) is 6.38. The maximum absolute atomic E-state index is 13.3. The minimum atomic E-state index is -4.37. The van der Waals surface area contributed by atoms with Crippen LogP contribution in [0.3, 0.4) is 0 Å². The lowest BCUT2D eigenvalue weighted by molar-refractivity contribution is -0.137. The molecule has 2 atom stereocenters. The van der Waals surface area contributed by atoms with Crippen LogP contribution in [0.1, 0.15) is 57.7 Å². The lowest BCUT2D eigenvalue weighted by Gasteiger charge is -2.41. The van der Waals surface area contributed by atoms with Crippen LogP contribution < -0.4 is 5.32 Å². The van der Waals surface area contributed by atoms with Gasteiger partial charge in [0.2, 0.25) is 5.91 Å². The molecule has 1 N–H and O–H groups in total. The van der Waals surface area contributed by atoms with Crippen LogP contribution in [0.15, 0.2) is 84.9 Å². The van der Waals surface area contributed by atoms with E-state index < -0.39 is 17.8 Å². The number of halogens is 3. The molecule has 8 heteroatoms.